The Labute approximate surface area is 135 Å². The number of likely N-dealkylation sites (N-methyl/N-ethyl adjacent to an activating group) is 1. The van der Waals surface area contributed by atoms with Gasteiger partial charge in [-0.05, 0) is 38.1 Å². The molecule has 0 aliphatic rings. The van der Waals surface area contributed by atoms with Crippen molar-refractivity contribution in [3.05, 3.63) is 48.0 Å². The Morgan fingerprint density at radius 2 is 1.96 bits per heavy atom. The molecule has 5 heteroatoms. The molecular weight excluding hydrogens is 297 g/mol. The lowest BCUT2D eigenvalue weighted by molar-refractivity contribution is -0.132. The Kier molecular flexibility index (Phi) is 5.21. The van der Waals surface area contributed by atoms with Gasteiger partial charge in [-0.2, -0.15) is 0 Å². The van der Waals surface area contributed by atoms with Gasteiger partial charge in [-0.25, -0.2) is 4.39 Å². The fourth-order valence-electron chi connectivity index (χ4n) is 2.41. The lowest BCUT2D eigenvalue weighted by Gasteiger charge is -2.25. The molecule has 0 radical (unpaired) electrons. The maximum absolute atomic E-state index is 13.7. The van der Waals surface area contributed by atoms with Crippen molar-refractivity contribution in [2.24, 2.45) is 0 Å². The van der Waals surface area contributed by atoms with Crippen LogP contribution in [0.15, 0.2) is 40.8 Å². The first kappa shape index (κ1) is 17.2. The zero-order valence-electron chi connectivity index (χ0n) is 13.7. The number of furan rings is 1. The van der Waals surface area contributed by atoms with E-state index < -0.39 is 5.60 Å². The first-order valence-electron chi connectivity index (χ1n) is 7.56. The van der Waals surface area contributed by atoms with Crippen LogP contribution in [0.3, 0.4) is 0 Å². The quantitative estimate of drug-likeness (QED) is 0.889. The van der Waals surface area contributed by atoms with E-state index >= 15 is 0 Å². The number of halogens is 1. The van der Waals surface area contributed by atoms with Crippen molar-refractivity contribution < 1.29 is 18.7 Å². The Hall–Kier alpha value is -2.14. The number of hydrogen-bond acceptors (Lipinski definition) is 3. The highest BCUT2D eigenvalue weighted by molar-refractivity contribution is 5.76. The lowest BCUT2D eigenvalue weighted by Crippen LogP contribution is -2.39. The van der Waals surface area contributed by atoms with Crippen LogP contribution < -0.4 is 0 Å². The molecule has 2 aromatic rings. The summed E-state index contributed by atoms with van der Waals surface area (Å²) in [6.07, 6.45) is 0.709. The SMILES string of the molecule is CN(CC(C)(C)O)C(=O)CCc1ccc(-c2ccccc2F)o1. The van der Waals surface area contributed by atoms with Crippen molar-refractivity contribution in [3.8, 4) is 11.3 Å². The van der Waals surface area contributed by atoms with Crippen molar-refractivity contribution in [1.82, 2.24) is 4.90 Å². The molecule has 4 nitrogen and oxygen atoms in total. The fourth-order valence-corrected chi connectivity index (χ4v) is 2.41. The second kappa shape index (κ2) is 6.96. The summed E-state index contributed by atoms with van der Waals surface area (Å²) < 4.78 is 19.3. The number of benzene rings is 1. The Morgan fingerprint density at radius 1 is 1.26 bits per heavy atom. The molecule has 1 amide bonds. The summed E-state index contributed by atoms with van der Waals surface area (Å²) in [4.78, 5) is 13.5. The number of aliphatic hydroxyl groups is 1. The van der Waals surface area contributed by atoms with Crippen molar-refractivity contribution in [2.45, 2.75) is 32.3 Å². The van der Waals surface area contributed by atoms with Crippen molar-refractivity contribution in [1.29, 1.82) is 0 Å². The van der Waals surface area contributed by atoms with E-state index in [0.29, 0.717) is 23.5 Å². The summed E-state index contributed by atoms with van der Waals surface area (Å²) in [5.41, 5.74) is -0.517. The molecule has 124 valence electrons. The second-order valence-electron chi connectivity index (χ2n) is 6.31. The molecule has 1 aromatic heterocycles. The largest absolute Gasteiger partial charge is 0.461 e. The Balaban J connectivity index is 1.95. The van der Waals surface area contributed by atoms with E-state index in [0.717, 1.165) is 0 Å². The minimum Gasteiger partial charge on any atom is -0.461 e. The number of hydrogen-bond donors (Lipinski definition) is 1. The van der Waals surface area contributed by atoms with Gasteiger partial charge in [-0.3, -0.25) is 4.79 Å². The van der Waals surface area contributed by atoms with Gasteiger partial charge in [-0.1, -0.05) is 12.1 Å². The summed E-state index contributed by atoms with van der Waals surface area (Å²) in [7, 11) is 1.66. The van der Waals surface area contributed by atoms with E-state index in [9.17, 15) is 14.3 Å². The predicted octanol–water partition coefficient (Wildman–Crippen LogP) is 3.25. The summed E-state index contributed by atoms with van der Waals surface area (Å²) in [5.74, 6) is 0.675. The molecule has 0 spiro atoms. The number of carbonyl (C=O) groups is 1. The van der Waals surface area contributed by atoms with Crippen LogP contribution in [0.2, 0.25) is 0 Å². The number of carbonyl (C=O) groups excluding carboxylic acids is 1. The van der Waals surface area contributed by atoms with E-state index in [1.807, 2.05) is 0 Å². The van der Waals surface area contributed by atoms with E-state index in [-0.39, 0.29) is 24.7 Å². The molecule has 0 atom stereocenters. The monoisotopic (exact) mass is 319 g/mol. The van der Waals surface area contributed by atoms with E-state index in [1.165, 1.54) is 11.0 Å². The zero-order chi connectivity index (χ0) is 17.0. The minimum absolute atomic E-state index is 0.0732. The highest BCUT2D eigenvalue weighted by Crippen LogP contribution is 2.25. The van der Waals surface area contributed by atoms with Gasteiger partial charge in [0, 0.05) is 26.4 Å². The summed E-state index contributed by atoms with van der Waals surface area (Å²) in [6, 6.07) is 9.87. The van der Waals surface area contributed by atoms with Gasteiger partial charge in [0.05, 0.1) is 11.2 Å². The highest BCUT2D eigenvalue weighted by Gasteiger charge is 2.19. The maximum Gasteiger partial charge on any atom is 0.222 e. The normalized spacial score (nSPS) is 11.5. The van der Waals surface area contributed by atoms with Crippen LogP contribution in [0.4, 0.5) is 4.39 Å². The number of amides is 1. The zero-order valence-corrected chi connectivity index (χ0v) is 13.7. The molecule has 0 unspecified atom stereocenters. The third-order valence-electron chi connectivity index (χ3n) is 3.44. The number of aryl methyl sites for hydroxylation is 1. The maximum atomic E-state index is 13.7. The smallest absolute Gasteiger partial charge is 0.222 e. The average molecular weight is 319 g/mol. The molecule has 0 aliphatic heterocycles. The summed E-state index contributed by atoms with van der Waals surface area (Å²) in [6.45, 7) is 3.58. The summed E-state index contributed by atoms with van der Waals surface area (Å²) >= 11 is 0. The average Bonchev–Trinajstić information content (AvgIpc) is 2.92. The molecule has 0 saturated carbocycles. The summed E-state index contributed by atoms with van der Waals surface area (Å²) in [5, 5.41) is 9.73. The second-order valence-corrected chi connectivity index (χ2v) is 6.31. The van der Waals surface area contributed by atoms with E-state index in [2.05, 4.69) is 0 Å². The molecule has 2 rings (SSSR count). The van der Waals surface area contributed by atoms with Gasteiger partial charge in [0.25, 0.3) is 0 Å². The number of rotatable bonds is 6. The molecule has 1 N–H and O–H groups in total. The van der Waals surface area contributed by atoms with Gasteiger partial charge in [0.1, 0.15) is 17.3 Å². The van der Waals surface area contributed by atoms with Gasteiger partial charge in [-0.15, -0.1) is 0 Å². The first-order chi connectivity index (χ1) is 10.8. The Bertz CT molecular complexity index is 673. The van der Waals surface area contributed by atoms with E-state index in [4.69, 9.17) is 4.42 Å². The fraction of sp³-hybridized carbons (Fsp3) is 0.389. The van der Waals surface area contributed by atoms with Crippen LogP contribution in [0.1, 0.15) is 26.0 Å². The van der Waals surface area contributed by atoms with Gasteiger partial charge in [0.2, 0.25) is 5.91 Å². The molecule has 0 bridgehead atoms. The van der Waals surface area contributed by atoms with Gasteiger partial charge < -0.3 is 14.4 Å². The van der Waals surface area contributed by atoms with Gasteiger partial charge >= 0.3 is 0 Å². The molecule has 23 heavy (non-hydrogen) atoms. The molecule has 0 saturated heterocycles. The standard InChI is InChI=1S/C18H22FNO3/c1-18(2,22)12-20(3)17(21)11-9-13-8-10-16(23-13)14-6-4-5-7-15(14)19/h4-8,10,22H,9,11-12H2,1-3H3. The predicted molar refractivity (Wildman–Crippen MR) is 86.4 cm³/mol. The van der Waals surface area contributed by atoms with Crippen LogP contribution in [0.25, 0.3) is 11.3 Å². The van der Waals surface area contributed by atoms with Gasteiger partial charge in [0.15, 0.2) is 0 Å². The molecular formula is C18H22FNO3. The Morgan fingerprint density at radius 3 is 2.61 bits per heavy atom. The molecule has 0 aliphatic carbocycles. The van der Waals surface area contributed by atoms with Crippen molar-refractivity contribution >= 4 is 5.91 Å². The minimum atomic E-state index is -0.924. The topological polar surface area (TPSA) is 53.7 Å². The lowest BCUT2D eigenvalue weighted by atomic mass is 10.1. The van der Waals surface area contributed by atoms with Crippen LogP contribution in [0.5, 0.6) is 0 Å². The third kappa shape index (κ3) is 4.93. The molecule has 0 fully saturated rings. The van der Waals surface area contributed by atoms with Crippen LogP contribution in [-0.4, -0.2) is 35.1 Å². The third-order valence-corrected chi connectivity index (χ3v) is 3.44. The van der Waals surface area contributed by atoms with Crippen LogP contribution in [-0.2, 0) is 11.2 Å². The number of nitrogens with zero attached hydrogens (tertiary/aromatic N) is 1. The molecule has 1 heterocycles. The molecule has 1 aromatic carbocycles. The van der Waals surface area contributed by atoms with Crippen LogP contribution >= 0.6 is 0 Å². The van der Waals surface area contributed by atoms with Crippen LogP contribution in [0, 0.1) is 5.82 Å². The first-order valence-corrected chi connectivity index (χ1v) is 7.56. The van der Waals surface area contributed by atoms with Crippen molar-refractivity contribution in [2.75, 3.05) is 13.6 Å². The van der Waals surface area contributed by atoms with E-state index in [1.54, 1.807) is 51.2 Å². The van der Waals surface area contributed by atoms with Crippen molar-refractivity contribution in [3.63, 3.8) is 0 Å². The highest BCUT2D eigenvalue weighted by atomic mass is 19.1.